The Labute approximate surface area is 282 Å². The highest BCUT2D eigenvalue weighted by Gasteiger charge is 2.39. The third kappa shape index (κ3) is 12.5. The van der Waals surface area contributed by atoms with Gasteiger partial charge >= 0.3 is 11.7 Å². The minimum Gasteiger partial charge on any atom is -0.459 e. The fourth-order valence-corrected chi connectivity index (χ4v) is 6.36. The molecule has 2 heterocycles. The summed E-state index contributed by atoms with van der Waals surface area (Å²) in [4.78, 5) is 52.7. The largest absolute Gasteiger partial charge is 0.459 e. The lowest BCUT2D eigenvalue weighted by Gasteiger charge is -2.20. The maximum atomic E-state index is 12.8. The number of benzene rings is 1. The van der Waals surface area contributed by atoms with Crippen LogP contribution in [0.5, 0.6) is 0 Å². The molecule has 1 aromatic carbocycles. The van der Waals surface area contributed by atoms with Gasteiger partial charge in [0.25, 0.3) is 5.56 Å². The Morgan fingerprint density at radius 1 is 0.935 bits per heavy atom. The SMILES string of the molecule is CCCCCCCCCCCCCCCC(=O)O[C@H]1C[C@H](n2cc(CC)c(=O)[nH]c2=O)O[C@@H]1CNC(=O)Cc1c(Cl)cccc1Cl. The van der Waals surface area contributed by atoms with Crippen molar-refractivity contribution in [2.45, 2.75) is 141 Å². The van der Waals surface area contributed by atoms with Gasteiger partial charge in [-0.1, -0.05) is 120 Å². The number of aryl methyl sites for hydroxylation is 1. The Hall–Kier alpha value is -2.62. The number of aromatic nitrogens is 2. The molecule has 2 N–H and O–H groups in total. The van der Waals surface area contributed by atoms with Crippen molar-refractivity contribution in [2.75, 3.05) is 6.54 Å². The van der Waals surface area contributed by atoms with Crippen molar-refractivity contribution < 1.29 is 19.1 Å². The van der Waals surface area contributed by atoms with Crippen LogP contribution in [0.1, 0.15) is 128 Å². The van der Waals surface area contributed by atoms with Crippen molar-refractivity contribution in [1.82, 2.24) is 14.9 Å². The molecule has 256 valence electrons. The number of H-pyrrole nitrogens is 1. The van der Waals surface area contributed by atoms with Gasteiger partial charge in [0.1, 0.15) is 18.4 Å². The first kappa shape index (κ1) is 37.8. The number of carbonyl (C=O) groups is 2. The number of carbonyl (C=O) groups excluding carboxylic acids is 2. The maximum absolute atomic E-state index is 12.8. The Bertz CT molecular complexity index is 1340. The van der Waals surface area contributed by atoms with Crippen LogP contribution in [0.3, 0.4) is 0 Å². The zero-order valence-electron chi connectivity index (χ0n) is 27.4. The van der Waals surface area contributed by atoms with Gasteiger partial charge in [-0.15, -0.1) is 0 Å². The van der Waals surface area contributed by atoms with Crippen LogP contribution < -0.4 is 16.6 Å². The van der Waals surface area contributed by atoms with Gasteiger partial charge in [-0.3, -0.25) is 23.9 Å². The predicted molar refractivity (Wildman–Crippen MR) is 183 cm³/mol. The van der Waals surface area contributed by atoms with E-state index in [0.717, 1.165) is 19.3 Å². The third-order valence-electron chi connectivity index (χ3n) is 8.58. The van der Waals surface area contributed by atoms with Gasteiger partial charge in [-0.25, -0.2) is 4.79 Å². The molecule has 1 aromatic heterocycles. The highest BCUT2D eigenvalue weighted by atomic mass is 35.5. The first-order valence-electron chi connectivity index (χ1n) is 17.1. The van der Waals surface area contributed by atoms with Crippen molar-refractivity contribution in [3.05, 3.63) is 66.4 Å². The predicted octanol–water partition coefficient (Wildman–Crippen LogP) is 7.45. The molecule has 0 bridgehead atoms. The van der Waals surface area contributed by atoms with Crippen LogP contribution in [0.25, 0.3) is 0 Å². The number of rotatable bonds is 21. The zero-order valence-corrected chi connectivity index (χ0v) is 28.9. The number of esters is 1. The molecule has 0 spiro atoms. The summed E-state index contributed by atoms with van der Waals surface area (Å²) in [7, 11) is 0. The van der Waals surface area contributed by atoms with E-state index in [4.69, 9.17) is 32.7 Å². The molecule has 1 aliphatic rings. The van der Waals surface area contributed by atoms with E-state index < -0.39 is 29.7 Å². The number of nitrogens with one attached hydrogen (secondary N) is 2. The van der Waals surface area contributed by atoms with E-state index >= 15 is 0 Å². The zero-order chi connectivity index (χ0) is 33.3. The van der Waals surface area contributed by atoms with Gasteiger partial charge < -0.3 is 14.8 Å². The van der Waals surface area contributed by atoms with E-state index in [1.807, 2.05) is 6.92 Å². The second-order valence-electron chi connectivity index (χ2n) is 12.2. The summed E-state index contributed by atoms with van der Waals surface area (Å²) in [5, 5.41) is 3.61. The van der Waals surface area contributed by atoms with Crippen molar-refractivity contribution in [3.8, 4) is 0 Å². The summed E-state index contributed by atoms with van der Waals surface area (Å²) in [5.41, 5.74) is -0.0966. The van der Waals surface area contributed by atoms with Crippen LogP contribution in [0, 0.1) is 0 Å². The van der Waals surface area contributed by atoms with Crippen molar-refractivity contribution in [3.63, 3.8) is 0 Å². The number of hydrogen-bond donors (Lipinski definition) is 2. The molecule has 9 nitrogen and oxygen atoms in total. The fourth-order valence-electron chi connectivity index (χ4n) is 5.82. The van der Waals surface area contributed by atoms with E-state index in [9.17, 15) is 19.2 Å². The maximum Gasteiger partial charge on any atom is 0.330 e. The Morgan fingerprint density at radius 3 is 2.11 bits per heavy atom. The number of nitrogens with zero attached hydrogens (tertiary/aromatic N) is 1. The van der Waals surface area contributed by atoms with Gasteiger partial charge in [0, 0.05) is 41.2 Å². The topological polar surface area (TPSA) is 119 Å². The minimum absolute atomic E-state index is 0.0304. The summed E-state index contributed by atoms with van der Waals surface area (Å²) in [5.74, 6) is -0.659. The highest BCUT2D eigenvalue weighted by molar-refractivity contribution is 6.36. The summed E-state index contributed by atoms with van der Waals surface area (Å²) >= 11 is 12.5. The van der Waals surface area contributed by atoms with Gasteiger partial charge in [-0.05, 0) is 30.5 Å². The van der Waals surface area contributed by atoms with E-state index in [0.29, 0.717) is 34.0 Å². The first-order chi connectivity index (χ1) is 22.2. The molecule has 2 aromatic rings. The standard InChI is InChI=1S/C35H51Cl2N3O6/c1-3-5-6-7-8-9-10-11-12-13-14-15-16-20-33(42)46-29-22-32(40-24-25(4-2)34(43)39-35(40)44)45-30(29)23-38-31(41)21-26-27(36)18-17-19-28(26)37/h17-19,24,29-30,32H,3-16,20-23H2,1-2H3,(H,38,41)(H,39,43,44)/t29-,30+,32+/m0/s1. The quantitative estimate of drug-likeness (QED) is 0.105. The number of amides is 1. The average Bonchev–Trinajstić information content (AvgIpc) is 3.42. The lowest BCUT2D eigenvalue weighted by atomic mass is 10.0. The van der Waals surface area contributed by atoms with Gasteiger partial charge in [0.05, 0.1) is 6.42 Å². The van der Waals surface area contributed by atoms with E-state index in [1.165, 1.54) is 75.0 Å². The molecule has 46 heavy (non-hydrogen) atoms. The highest BCUT2D eigenvalue weighted by Crippen LogP contribution is 2.30. The second-order valence-corrected chi connectivity index (χ2v) is 13.1. The molecule has 3 atom stereocenters. The van der Waals surface area contributed by atoms with Crippen LogP contribution in [0.15, 0.2) is 34.0 Å². The van der Waals surface area contributed by atoms with Crippen LogP contribution in [-0.4, -0.2) is 40.2 Å². The molecule has 0 unspecified atom stereocenters. The molecule has 1 fully saturated rings. The van der Waals surface area contributed by atoms with Crippen LogP contribution in [0.2, 0.25) is 10.0 Å². The van der Waals surface area contributed by atoms with Crippen molar-refractivity contribution in [2.24, 2.45) is 0 Å². The monoisotopic (exact) mass is 679 g/mol. The minimum atomic E-state index is -0.774. The summed E-state index contributed by atoms with van der Waals surface area (Å²) < 4.78 is 13.3. The number of ether oxygens (including phenoxy) is 2. The molecule has 1 saturated heterocycles. The Kier molecular flexibility index (Phi) is 16.9. The van der Waals surface area contributed by atoms with Crippen LogP contribution >= 0.6 is 23.2 Å². The molecule has 1 amide bonds. The van der Waals surface area contributed by atoms with E-state index in [-0.39, 0.29) is 31.3 Å². The van der Waals surface area contributed by atoms with Crippen molar-refractivity contribution >= 4 is 35.1 Å². The van der Waals surface area contributed by atoms with Gasteiger partial charge in [-0.2, -0.15) is 0 Å². The average molecular weight is 681 g/mol. The summed E-state index contributed by atoms with van der Waals surface area (Å²) in [6.45, 7) is 4.11. The number of aromatic amines is 1. The second kappa shape index (κ2) is 20.6. The van der Waals surface area contributed by atoms with E-state index in [2.05, 4.69) is 17.2 Å². The molecule has 0 aliphatic carbocycles. The van der Waals surface area contributed by atoms with Crippen molar-refractivity contribution in [1.29, 1.82) is 0 Å². The number of hydrogen-bond acceptors (Lipinski definition) is 6. The third-order valence-corrected chi connectivity index (χ3v) is 9.29. The lowest BCUT2D eigenvalue weighted by molar-refractivity contribution is -0.152. The molecular weight excluding hydrogens is 629 g/mol. The molecule has 11 heteroatoms. The Morgan fingerprint density at radius 2 is 1.52 bits per heavy atom. The molecule has 0 saturated carbocycles. The normalized spacial score (nSPS) is 17.7. The summed E-state index contributed by atoms with van der Waals surface area (Å²) in [6.07, 6.45) is 16.1. The number of halogens is 2. The van der Waals surface area contributed by atoms with Crippen LogP contribution in [-0.2, 0) is 31.9 Å². The lowest BCUT2D eigenvalue weighted by Crippen LogP contribution is -2.39. The number of unbranched alkanes of at least 4 members (excludes halogenated alkanes) is 12. The summed E-state index contributed by atoms with van der Waals surface area (Å²) in [6, 6.07) is 5.04. The van der Waals surface area contributed by atoms with Gasteiger partial charge in [0.15, 0.2) is 0 Å². The van der Waals surface area contributed by atoms with Crippen LogP contribution in [0.4, 0.5) is 0 Å². The fraction of sp³-hybridized carbons (Fsp3) is 0.657. The molecule has 0 radical (unpaired) electrons. The van der Waals surface area contributed by atoms with Gasteiger partial charge in [0.2, 0.25) is 5.91 Å². The smallest absolute Gasteiger partial charge is 0.330 e. The molecule has 1 aliphatic heterocycles. The van der Waals surface area contributed by atoms with E-state index in [1.54, 1.807) is 18.2 Å². The molecular formula is C35H51Cl2N3O6. The Balaban J connectivity index is 1.48. The molecule has 3 rings (SSSR count). The first-order valence-corrected chi connectivity index (χ1v) is 17.9.